The Morgan fingerprint density at radius 2 is 1.88 bits per heavy atom. The summed E-state index contributed by atoms with van der Waals surface area (Å²) < 4.78 is 5.84. The quantitative estimate of drug-likeness (QED) is 0.797. The van der Waals surface area contributed by atoms with E-state index in [1.54, 1.807) is 0 Å². The molecule has 1 aliphatic carbocycles. The maximum atomic E-state index is 9.69. The van der Waals surface area contributed by atoms with Gasteiger partial charge in [0.05, 0.1) is 12.2 Å². The number of hydrogen-bond acceptors (Lipinski definition) is 4. The highest BCUT2D eigenvalue weighted by Crippen LogP contribution is 2.42. The van der Waals surface area contributed by atoms with Crippen LogP contribution in [0.25, 0.3) is 0 Å². The number of likely N-dealkylation sites (tertiary alicyclic amines) is 1. The maximum absolute atomic E-state index is 9.69. The normalized spacial score (nSPS) is 27.2. The molecule has 3 rings (SSSR count). The summed E-state index contributed by atoms with van der Waals surface area (Å²) >= 11 is 0. The standard InChI is InChI=1S/C21H34N2O2/c1-4-25-20-13-19(21(20,2)3)22-14-16-7-5-6-8-17(16)15-23-11-9-18(24)10-12-23/h5-8,18-20,22,24H,4,9-15H2,1-3H3. The molecule has 2 fully saturated rings. The summed E-state index contributed by atoms with van der Waals surface area (Å²) in [6, 6.07) is 9.28. The number of nitrogens with zero attached hydrogens (tertiary/aromatic N) is 1. The van der Waals surface area contributed by atoms with Gasteiger partial charge in [-0.3, -0.25) is 4.90 Å². The van der Waals surface area contributed by atoms with Crippen LogP contribution in [0.2, 0.25) is 0 Å². The maximum Gasteiger partial charge on any atom is 0.0655 e. The minimum absolute atomic E-state index is 0.104. The van der Waals surface area contributed by atoms with E-state index < -0.39 is 0 Å². The van der Waals surface area contributed by atoms with Crippen molar-refractivity contribution in [3.05, 3.63) is 35.4 Å². The minimum atomic E-state index is -0.104. The van der Waals surface area contributed by atoms with Crippen molar-refractivity contribution in [3.63, 3.8) is 0 Å². The molecule has 2 aliphatic rings. The molecule has 140 valence electrons. The van der Waals surface area contributed by atoms with Crippen molar-refractivity contribution >= 4 is 0 Å². The smallest absolute Gasteiger partial charge is 0.0655 e. The molecule has 0 radical (unpaired) electrons. The Bertz CT molecular complexity index is 553. The topological polar surface area (TPSA) is 44.7 Å². The summed E-state index contributed by atoms with van der Waals surface area (Å²) in [6.45, 7) is 11.4. The third-order valence-corrected chi connectivity index (χ3v) is 6.15. The van der Waals surface area contributed by atoms with E-state index in [0.29, 0.717) is 12.1 Å². The zero-order valence-electron chi connectivity index (χ0n) is 16.0. The molecule has 0 aromatic heterocycles. The van der Waals surface area contributed by atoms with E-state index >= 15 is 0 Å². The Hall–Kier alpha value is -0.940. The van der Waals surface area contributed by atoms with Gasteiger partial charge >= 0.3 is 0 Å². The van der Waals surface area contributed by atoms with Gasteiger partial charge in [-0.1, -0.05) is 38.1 Å². The van der Waals surface area contributed by atoms with E-state index in [-0.39, 0.29) is 11.5 Å². The van der Waals surface area contributed by atoms with Gasteiger partial charge in [0.15, 0.2) is 0 Å². The molecule has 0 spiro atoms. The SMILES string of the molecule is CCOC1CC(NCc2ccccc2CN2CCC(O)CC2)C1(C)C. The summed E-state index contributed by atoms with van der Waals surface area (Å²) in [5.41, 5.74) is 3.00. The van der Waals surface area contributed by atoms with Gasteiger partial charge in [-0.05, 0) is 37.3 Å². The second-order valence-corrected chi connectivity index (χ2v) is 8.21. The molecule has 4 nitrogen and oxygen atoms in total. The lowest BCUT2D eigenvalue weighted by Crippen LogP contribution is -2.60. The number of nitrogens with one attached hydrogen (secondary N) is 1. The van der Waals surface area contributed by atoms with Crippen LogP contribution < -0.4 is 5.32 Å². The molecule has 2 atom stereocenters. The number of hydrogen-bond donors (Lipinski definition) is 2. The average Bonchev–Trinajstić information content (AvgIpc) is 2.60. The van der Waals surface area contributed by atoms with Crippen LogP contribution in [0.15, 0.2) is 24.3 Å². The van der Waals surface area contributed by atoms with Crippen LogP contribution in [0.3, 0.4) is 0 Å². The molecule has 1 saturated heterocycles. The van der Waals surface area contributed by atoms with E-state index in [0.717, 1.165) is 52.0 Å². The van der Waals surface area contributed by atoms with Crippen LogP contribution in [0.5, 0.6) is 0 Å². The van der Waals surface area contributed by atoms with Crippen LogP contribution in [0.4, 0.5) is 0 Å². The lowest BCUT2D eigenvalue weighted by atomic mass is 9.64. The minimum Gasteiger partial charge on any atom is -0.393 e. The Kier molecular flexibility index (Phi) is 6.16. The van der Waals surface area contributed by atoms with Gasteiger partial charge in [-0.15, -0.1) is 0 Å². The highest BCUT2D eigenvalue weighted by atomic mass is 16.5. The molecule has 1 saturated carbocycles. The van der Waals surface area contributed by atoms with E-state index in [4.69, 9.17) is 4.74 Å². The first-order chi connectivity index (χ1) is 12.0. The van der Waals surface area contributed by atoms with Gasteiger partial charge in [0.25, 0.3) is 0 Å². The van der Waals surface area contributed by atoms with Crippen LogP contribution in [-0.4, -0.2) is 48.0 Å². The van der Waals surface area contributed by atoms with Crippen LogP contribution in [0, 0.1) is 5.41 Å². The van der Waals surface area contributed by atoms with Gasteiger partial charge in [-0.25, -0.2) is 0 Å². The number of aliphatic hydroxyl groups excluding tert-OH is 1. The van der Waals surface area contributed by atoms with Crippen LogP contribution in [0.1, 0.15) is 51.2 Å². The van der Waals surface area contributed by atoms with Gasteiger partial charge < -0.3 is 15.2 Å². The lowest BCUT2D eigenvalue weighted by molar-refractivity contribution is -0.114. The number of rotatable bonds is 7. The van der Waals surface area contributed by atoms with Crippen molar-refractivity contribution in [3.8, 4) is 0 Å². The van der Waals surface area contributed by atoms with E-state index in [9.17, 15) is 5.11 Å². The molecule has 4 heteroatoms. The molecule has 1 aromatic rings. The Balaban J connectivity index is 1.55. The summed E-state index contributed by atoms with van der Waals surface area (Å²) in [5.74, 6) is 0. The molecule has 2 unspecified atom stereocenters. The second kappa shape index (κ2) is 8.17. The van der Waals surface area contributed by atoms with Gasteiger partial charge in [-0.2, -0.15) is 0 Å². The third kappa shape index (κ3) is 4.43. The van der Waals surface area contributed by atoms with Crippen molar-refractivity contribution in [2.45, 2.75) is 71.4 Å². The van der Waals surface area contributed by atoms with E-state index in [1.165, 1.54) is 11.1 Å². The van der Waals surface area contributed by atoms with Gasteiger partial charge in [0, 0.05) is 44.2 Å². The molecule has 1 heterocycles. The van der Waals surface area contributed by atoms with Crippen molar-refractivity contribution in [2.24, 2.45) is 5.41 Å². The van der Waals surface area contributed by atoms with Crippen LogP contribution >= 0.6 is 0 Å². The third-order valence-electron chi connectivity index (χ3n) is 6.15. The first-order valence-corrected chi connectivity index (χ1v) is 9.83. The predicted molar refractivity (Wildman–Crippen MR) is 101 cm³/mol. The largest absolute Gasteiger partial charge is 0.393 e. The summed E-state index contributed by atoms with van der Waals surface area (Å²) in [5, 5.41) is 13.4. The monoisotopic (exact) mass is 346 g/mol. The number of benzene rings is 1. The first kappa shape index (κ1) is 18.8. The Morgan fingerprint density at radius 3 is 2.52 bits per heavy atom. The number of ether oxygens (including phenoxy) is 1. The fourth-order valence-electron chi connectivity index (χ4n) is 4.15. The molecule has 1 aliphatic heterocycles. The molecular formula is C21H34N2O2. The number of aliphatic hydroxyl groups is 1. The Morgan fingerprint density at radius 1 is 1.20 bits per heavy atom. The first-order valence-electron chi connectivity index (χ1n) is 9.83. The zero-order valence-corrected chi connectivity index (χ0v) is 16.0. The number of piperidine rings is 1. The molecule has 1 aromatic carbocycles. The Labute approximate surface area is 152 Å². The summed E-state index contributed by atoms with van der Waals surface area (Å²) in [4.78, 5) is 2.46. The zero-order chi connectivity index (χ0) is 17.9. The lowest BCUT2D eigenvalue weighted by Gasteiger charge is -2.52. The predicted octanol–water partition coefficient (Wildman–Crippen LogP) is 2.94. The van der Waals surface area contributed by atoms with E-state index in [1.807, 2.05) is 0 Å². The highest BCUT2D eigenvalue weighted by molar-refractivity contribution is 5.27. The summed E-state index contributed by atoms with van der Waals surface area (Å²) in [7, 11) is 0. The molecule has 0 bridgehead atoms. The van der Waals surface area contributed by atoms with Crippen LogP contribution in [-0.2, 0) is 17.8 Å². The van der Waals surface area contributed by atoms with E-state index in [2.05, 4.69) is 55.3 Å². The fraction of sp³-hybridized carbons (Fsp3) is 0.714. The van der Waals surface area contributed by atoms with Crippen molar-refractivity contribution in [2.75, 3.05) is 19.7 Å². The molecule has 25 heavy (non-hydrogen) atoms. The average molecular weight is 347 g/mol. The molecular weight excluding hydrogens is 312 g/mol. The fourth-order valence-corrected chi connectivity index (χ4v) is 4.15. The highest BCUT2D eigenvalue weighted by Gasteiger charge is 2.48. The molecule has 0 amide bonds. The van der Waals surface area contributed by atoms with Crippen molar-refractivity contribution in [1.29, 1.82) is 0 Å². The van der Waals surface area contributed by atoms with Gasteiger partial charge in [0.1, 0.15) is 0 Å². The van der Waals surface area contributed by atoms with Crippen molar-refractivity contribution < 1.29 is 9.84 Å². The molecule has 2 N–H and O–H groups in total. The second-order valence-electron chi connectivity index (χ2n) is 8.21. The van der Waals surface area contributed by atoms with Gasteiger partial charge in [0.2, 0.25) is 0 Å². The van der Waals surface area contributed by atoms with Crippen molar-refractivity contribution in [1.82, 2.24) is 10.2 Å². The summed E-state index contributed by atoms with van der Waals surface area (Å²) in [6.07, 6.45) is 3.18.